The Morgan fingerprint density at radius 2 is 2.58 bits per heavy atom. The fraction of sp³-hybridized carbons (Fsp3) is 0.444. The van der Waals surface area contributed by atoms with Crippen LogP contribution >= 0.6 is 11.3 Å². The van der Waals surface area contributed by atoms with Crippen LogP contribution in [0.25, 0.3) is 0 Å². The van der Waals surface area contributed by atoms with E-state index in [2.05, 4.69) is 22.6 Å². The Bertz CT molecular complexity index is 289. The second-order valence-electron chi connectivity index (χ2n) is 3.23. The first-order valence-electron chi connectivity index (χ1n) is 4.10. The van der Waals surface area contributed by atoms with Crippen molar-refractivity contribution in [3.8, 4) is 0 Å². The van der Waals surface area contributed by atoms with Crippen molar-refractivity contribution in [1.29, 1.82) is 0 Å². The first-order chi connectivity index (χ1) is 5.83. The molecule has 64 valence electrons. The van der Waals surface area contributed by atoms with Crippen LogP contribution in [0.1, 0.15) is 24.1 Å². The van der Waals surface area contributed by atoms with E-state index < -0.39 is 0 Å². The SMILES string of the molecule is C/C(=N/N)[C@H]1C[C@@H]1c1cccs1. The molecule has 0 aliphatic heterocycles. The number of nitrogens with zero attached hydrogens (tertiary/aromatic N) is 1. The Labute approximate surface area is 76.1 Å². The highest BCUT2D eigenvalue weighted by Gasteiger charge is 2.40. The van der Waals surface area contributed by atoms with Gasteiger partial charge in [0.15, 0.2) is 0 Å². The predicted octanol–water partition coefficient (Wildman–Crippen LogP) is 2.19. The number of thiophene rings is 1. The van der Waals surface area contributed by atoms with Crippen LogP contribution in [0.15, 0.2) is 22.6 Å². The van der Waals surface area contributed by atoms with Crippen molar-refractivity contribution >= 4 is 17.0 Å². The van der Waals surface area contributed by atoms with Crippen LogP contribution < -0.4 is 5.84 Å². The van der Waals surface area contributed by atoms with Gasteiger partial charge in [-0.1, -0.05) is 6.07 Å². The highest BCUT2D eigenvalue weighted by atomic mass is 32.1. The first-order valence-corrected chi connectivity index (χ1v) is 4.98. The summed E-state index contributed by atoms with van der Waals surface area (Å²) in [5.74, 6) is 6.54. The van der Waals surface area contributed by atoms with Gasteiger partial charge < -0.3 is 5.84 Å². The van der Waals surface area contributed by atoms with Gasteiger partial charge in [-0.2, -0.15) is 5.10 Å². The van der Waals surface area contributed by atoms with Crippen LogP contribution in [-0.4, -0.2) is 5.71 Å². The molecule has 1 aliphatic carbocycles. The molecular weight excluding hydrogens is 168 g/mol. The highest BCUT2D eigenvalue weighted by Crippen LogP contribution is 2.49. The summed E-state index contributed by atoms with van der Waals surface area (Å²) in [7, 11) is 0. The summed E-state index contributed by atoms with van der Waals surface area (Å²) >= 11 is 1.83. The second-order valence-corrected chi connectivity index (χ2v) is 4.21. The van der Waals surface area contributed by atoms with Gasteiger partial charge in [-0.3, -0.25) is 0 Å². The lowest BCUT2D eigenvalue weighted by molar-refractivity contribution is 1.05. The van der Waals surface area contributed by atoms with Gasteiger partial charge in [0, 0.05) is 22.4 Å². The maximum Gasteiger partial charge on any atom is 0.0382 e. The van der Waals surface area contributed by atoms with E-state index in [1.165, 1.54) is 11.3 Å². The normalized spacial score (nSPS) is 28.9. The van der Waals surface area contributed by atoms with E-state index in [0.717, 1.165) is 5.71 Å². The minimum absolute atomic E-state index is 0.619. The molecule has 0 unspecified atom stereocenters. The van der Waals surface area contributed by atoms with Crippen molar-refractivity contribution < 1.29 is 0 Å². The van der Waals surface area contributed by atoms with Crippen LogP contribution in [0.2, 0.25) is 0 Å². The monoisotopic (exact) mass is 180 g/mol. The molecule has 12 heavy (non-hydrogen) atoms. The van der Waals surface area contributed by atoms with Gasteiger partial charge >= 0.3 is 0 Å². The summed E-state index contributed by atoms with van der Waals surface area (Å²) in [6, 6.07) is 4.30. The summed E-state index contributed by atoms with van der Waals surface area (Å²) in [6.45, 7) is 2.01. The van der Waals surface area contributed by atoms with E-state index in [1.807, 2.05) is 18.3 Å². The van der Waals surface area contributed by atoms with E-state index in [1.54, 1.807) is 0 Å². The summed E-state index contributed by atoms with van der Waals surface area (Å²) in [5, 5.41) is 5.86. The fourth-order valence-corrected chi connectivity index (χ4v) is 2.48. The van der Waals surface area contributed by atoms with Crippen LogP contribution in [0.5, 0.6) is 0 Å². The van der Waals surface area contributed by atoms with Gasteiger partial charge in [0.05, 0.1) is 0 Å². The van der Waals surface area contributed by atoms with Crippen molar-refractivity contribution in [2.75, 3.05) is 0 Å². The first kappa shape index (κ1) is 7.80. The average molecular weight is 180 g/mol. The van der Waals surface area contributed by atoms with Crippen molar-refractivity contribution in [2.24, 2.45) is 16.9 Å². The number of nitrogens with two attached hydrogens (primary N) is 1. The summed E-state index contributed by atoms with van der Waals surface area (Å²) < 4.78 is 0. The second kappa shape index (κ2) is 2.90. The Balaban J connectivity index is 2.06. The van der Waals surface area contributed by atoms with Crippen LogP contribution in [0, 0.1) is 5.92 Å². The molecule has 0 saturated heterocycles. The highest BCUT2D eigenvalue weighted by molar-refractivity contribution is 7.10. The lowest BCUT2D eigenvalue weighted by atomic mass is 10.2. The third-order valence-electron chi connectivity index (χ3n) is 2.44. The van der Waals surface area contributed by atoms with Gasteiger partial charge in [0.2, 0.25) is 0 Å². The van der Waals surface area contributed by atoms with Gasteiger partial charge in [0.25, 0.3) is 0 Å². The number of hydrazone groups is 1. The van der Waals surface area contributed by atoms with E-state index in [0.29, 0.717) is 11.8 Å². The van der Waals surface area contributed by atoms with E-state index >= 15 is 0 Å². The maximum absolute atomic E-state index is 5.22. The molecule has 1 heterocycles. The minimum Gasteiger partial charge on any atom is -0.323 e. The molecule has 0 amide bonds. The summed E-state index contributed by atoms with van der Waals surface area (Å²) in [5.41, 5.74) is 1.09. The molecule has 1 aliphatic rings. The Kier molecular flexibility index (Phi) is 1.89. The lowest BCUT2D eigenvalue weighted by Crippen LogP contribution is -1.99. The molecule has 1 aromatic heterocycles. The Hall–Kier alpha value is -0.830. The molecular formula is C9H12N2S. The van der Waals surface area contributed by atoms with E-state index in [9.17, 15) is 0 Å². The summed E-state index contributed by atoms with van der Waals surface area (Å²) in [6.07, 6.45) is 1.23. The zero-order valence-corrected chi connectivity index (χ0v) is 7.84. The molecule has 2 rings (SSSR count). The molecule has 0 bridgehead atoms. The molecule has 2 N–H and O–H groups in total. The van der Waals surface area contributed by atoms with Crippen LogP contribution in [-0.2, 0) is 0 Å². The topological polar surface area (TPSA) is 38.4 Å². The third-order valence-corrected chi connectivity index (χ3v) is 3.44. The molecule has 3 heteroatoms. The molecule has 1 fully saturated rings. The van der Waals surface area contributed by atoms with Crippen molar-refractivity contribution in [3.05, 3.63) is 22.4 Å². The number of hydrogen-bond acceptors (Lipinski definition) is 3. The van der Waals surface area contributed by atoms with Gasteiger partial charge in [-0.15, -0.1) is 11.3 Å². The molecule has 0 spiro atoms. The predicted molar refractivity (Wildman–Crippen MR) is 52.5 cm³/mol. The Morgan fingerprint density at radius 3 is 3.17 bits per heavy atom. The molecule has 0 aromatic carbocycles. The molecule has 0 radical (unpaired) electrons. The van der Waals surface area contributed by atoms with E-state index in [4.69, 9.17) is 5.84 Å². The lowest BCUT2D eigenvalue weighted by Gasteiger charge is -1.94. The number of rotatable bonds is 2. The standard InChI is InChI=1S/C9H12N2S/c1-6(11-10)7-5-8(7)9-3-2-4-12-9/h2-4,7-8H,5,10H2,1H3/b11-6-/t7-,8+/m1/s1. The van der Waals surface area contributed by atoms with Crippen LogP contribution in [0.3, 0.4) is 0 Å². The Morgan fingerprint density at radius 1 is 1.75 bits per heavy atom. The van der Waals surface area contributed by atoms with Crippen LogP contribution in [0.4, 0.5) is 0 Å². The molecule has 2 nitrogen and oxygen atoms in total. The zero-order chi connectivity index (χ0) is 8.55. The van der Waals surface area contributed by atoms with Gasteiger partial charge in [-0.05, 0) is 24.8 Å². The average Bonchev–Trinajstić information content (AvgIpc) is 2.71. The third kappa shape index (κ3) is 1.25. The number of hydrogen-bond donors (Lipinski definition) is 1. The fourth-order valence-electron chi connectivity index (χ4n) is 1.57. The maximum atomic E-state index is 5.22. The van der Waals surface area contributed by atoms with Gasteiger partial charge in [0.1, 0.15) is 0 Å². The van der Waals surface area contributed by atoms with Gasteiger partial charge in [-0.25, -0.2) is 0 Å². The smallest absolute Gasteiger partial charge is 0.0382 e. The molecule has 2 atom stereocenters. The van der Waals surface area contributed by atoms with E-state index in [-0.39, 0.29) is 0 Å². The minimum atomic E-state index is 0.619. The largest absolute Gasteiger partial charge is 0.323 e. The molecule has 1 aromatic rings. The molecule has 1 saturated carbocycles. The van der Waals surface area contributed by atoms with Crippen molar-refractivity contribution in [2.45, 2.75) is 19.3 Å². The quantitative estimate of drug-likeness (QED) is 0.423. The zero-order valence-electron chi connectivity index (χ0n) is 7.03. The van der Waals surface area contributed by atoms with Crippen molar-refractivity contribution in [3.63, 3.8) is 0 Å². The summed E-state index contributed by atoms with van der Waals surface area (Å²) in [4.78, 5) is 1.48. The van der Waals surface area contributed by atoms with Crippen molar-refractivity contribution in [1.82, 2.24) is 0 Å².